The van der Waals surface area contributed by atoms with Crippen LogP contribution in [0.2, 0.25) is 0 Å². The second-order valence-corrected chi connectivity index (χ2v) is 8.21. The van der Waals surface area contributed by atoms with Gasteiger partial charge in [-0.15, -0.1) is 0 Å². The number of imide groups is 1. The first-order valence-corrected chi connectivity index (χ1v) is 10.9. The highest BCUT2D eigenvalue weighted by Gasteiger charge is 2.44. The Morgan fingerprint density at radius 2 is 1.69 bits per heavy atom. The first kappa shape index (κ1) is 22.0. The number of hydrogen-bond donors (Lipinski definition) is 1. The van der Waals surface area contributed by atoms with Crippen LogP contribution in [0.3, 0.4) is 0 Å². The number of anilines is 1. The Morgan fingerprint density at radius 3 is 2.38 bits per heavy atom. The fraction of sp³-hybridized carbons (Fsp3) is 0.360. The summed E-state index contributed by atoms with van der Waals surface area (Å²) in [6.45, 7) is 7.21. The van der Waals surface area contributed by atoms with E-state index in [9.17, 15) is 14.7 Å². The van der Waals surface area contributed by atoms with Gasteiger partial charge >= 0.3 is 0 Å². The first-order valence-electron chi connectivity index (χ1n) is 10.9. The van der Waals surface area contributed by atoms with E-state index in [0.717, 1.165) is 11.1 Å². The zero-order valence-electron chi connectivity index (χ0n) is 18.8. The largest absolute Gasteiger partial charge is 0.496 e. The number of aliphatic hydroxyl groups excluding tert-OH is 1. The van der Waals surface area contributed by atoms with Gasteiger partial charge in [0.2, 0.25) is 0 Å². The van der Waals surface area contributed by atoms with Crippen molar-refractivity contribution in [1.82, 2.24) is 9.80 Å². The van der Waals surface area contributed by atoms with Crippen molar-refractivity contribution in [2.45, 2.75) is 13.8 Å². The summed E-state index contributed by atoms with van der Waals surface area (Å²) in [5.41, 5.74) is 3.88. The fourth-order valence-electron chi connectivity index (χ4n) is 4.42. The predicted molar refractivity (Wildman–Crippen MR) is 123 cm³/mol. The Balaban J connectivity index is 1.81. The van der Waals surface area contributed by atoms with Crippen LogP contribution in [0.5, 0.6) is 5.75 Å². The van der Waals surface area contributed by atoms with Gasteiger partial charge in [-0.25, -0.2) is 4.90 Å². The van der Waals surface area contributed by atoms with E-state index in [2.05, 4.69) is 4.90 Å². The molecule has 0 aromatic heterocycles. The minimum atomic E-state index is -0.332. The molecule has 168 valence electrons. The molecule has 0 radical (unpaired) electrons. The molecule has 0 unspecified atom stereocenters. The number of rotatable bonds is 6. The van der Waals surface area contributed by atoms with E-state index in [-0.39, 0.29) is 18.4 Å². The molecular formula is C25H29N3O4. The van der Waals surface area contributed by atoms with E-state index in [0.29, 0.717) is 61.0 Å². The molecule has 1 fully saturated rings. The van der Waals surface area contributed by atoms with Gasteiger partial charge in [-0.2, -0.15) is 0 Å². The van der Waals surface area contributed by atoms with E-state index in [1.54, 1.807) is 13.2 Å². The molecule has 2 aromatic rings. The van der Waals surface area contributed by atoms with Crippen LogP contribution in [0.15, 0.2) is 48.2 Å². The van der Waals surface area contributed by atoms with Gasteiger partial charge in [0.05, 0.1) is 25.0 Å². The number of para-hydroxylation sites is 1. The standard InChI is InChI=1S/C25H29N3O4/c1-17-8-9-18(2)20(16-17)28-24(30)22(19-6-4-5-7-21(19)32-3)23(25(28)31)27-12-10-26(11-13-27)14-15-29/h4-9,16,29H,10-15H2,1-3H3. The van der Waals surface area contributed by atoms with Gasteiger partial charge in [-0.05, 0) is 37.1 Å². The maximum atomic E-state index is 13.8. The molecule has 2 amide bonds. The molecule has 0 saturated carbocycles. The molecular weight excluding hydrogens is 406 g/mol. The summed E-state index contributed by atoms with van der Waals surface area (Å²) in [7, 11) is 1.57. The number of aryl methyl sites for hydroxylation is 2. The van der Waals surface area contributed by atoms with Gasteiger partial charge in [0.25, 0.3) is 11.8 Å². The van der Waals surface area contributed by atoms with Crippen LogP contribution in [0.1, 0.15) is 16.7 Å². The lowest BCUT2D eigenvalue weighted by Gasteiger charge is -2.36. The van der Waals surface area contributed by atoms with Crippen molar-refractivity contribution < 1.29 is 19.4 Å². The lowest BCUT2D eigenvalue weighted by atomic mass is 10.0. The summed E-state index contributed by atoms with van der Waals surface area (Å²) < 4.78 is 5.54. The summed E-state index contributed by atoms with van der Waals surface area (Å²) in [4.78, 5) is 33.0. The molecule has 7 heteroatoms. The lowest BCUT2D eigenvalue weighted by Crippen LogP contribution is -2.48. The number of nitrogens with zero attached hydrogens (tertiary/aromatic N) is 3. The third-order valence-electron chi connectivity index (χ3n) is 6.15. The topological polar surface area (TPSA) is 73.3 Å². The molecule has 2 aliphatic heterocycles. The van der Waals surface area contributed by atoms with Crippen LogP contribution >= 0.6 is 0 Å². The van der Waals surface area contributed by atoms with Crippen LogP contribution in [0.4, 0.5) is 5.69 Å². The summed E-state index contributed by atoms with van der Waals surface area (Å²) in [6.07, 6.45) is 0. The highest BCUT2D eigenvalue weighted by atomic mass is 16.5. The fourth-order valence-corrected chi connectivity index (χ4v) is 4.42. The Morgan fingerprint density at radius 1 is 0.969 bits per heavy atom. The van der Waals surface area contributed by atoms with E-state index in [4.69, 9.17) is 4.74 Å². The van der Waals surface area contributed by atoms with Crippen LogP contribution in [-0.2, 0) is 9.59 Å². The maximum Gasteiger partial charge on any atom is 0.282 e. The molecule has 1 saturated heterocycles. The van der Waals surface area contributed by atoms with Crippen molar-refractivity contribution in [1.29, 1.82) is 0 Å². The normalized spacial score (nSPS) is 17.5. The van der Waals surface area contributed by atoms with Crippen molar-refractivity contribution in [3.8, 4) is 5.75 Å². The second-order valence-electron chi connectivity index (χ2n) is 8.21. The van der Waals surface area contributed by atoms with Crippen LogP contribution in [0.25, 0.3) is 5.57 Å². The van der Waals surface area contributed by atoms with Gasteiger partial charge in [0, 0.05) is 38.3 Å². The molecule has 0 aliphatic carbocycles. The predicted octanol–water partition coefficient (Wildman–Crippen LogP) is 2.21. The van der Waals surface area contributed by atoms with E-state index >= 15 is 0 Å². The number of methoxy groups -OCH3 is 1. The number of hydrogen-bond acceptors (Lipinski definition) is 6. The first-order chi connectivity index (χ1) is 15.5. The van der Waals surface area contributed by atoms with Gasteiger partial charge in [-0.3, -0.25) is 14.5 Å². The third kappa shape index (κ3) is 3.89. The smallest absolute Gasteiger partial charge is 0.282 e. The SMILES string of the molecule is COc1ccccc1C1=C(N2CCN(CCO)CC2)C(=O)N(c2cc(C)ccc2C)C1=O. The number of carbonyl (C=O) groups excluding carboxylic acids is 2. The monoisotopic (exact) mass is 435 g/mol. The van der Waals surface area contributed by atoms with Gasteiger partial charge < -0.3 is 14.7 Å². The van der Waals surface area contributed by atoms with Gasteiger partial charge in [-0.1, -0.05) is 30.3 Å². The number of benzene rings is 2. The van der Waals surface area contributed by atoms with E-state index in [1.165, 1.54) is 4.90 Å². The molecule has 2 heterocycles. The molecule has 0 spiro atoms. The van der Waals surface area contributed by atoms with E-state index < -0.39 is 0 Å². The Kier molecular flexibility index (Phi) is 6.30. The average Bonchev–Trinajstić information content (AvgIpc) is 3.06. The van der Waals surface area contributed by atoms with Gasteiger partial charge in [0.15, 0.2) is 0 Å². The Hall–Kier alpha value is -3.16. The summed E-state index contributed by atoms with van der Waals surface area (Å²) in [5, 5.41) is 9.25. The van der Waals surface area contributed by atoms with Crippen LogP contribution in [0, 0.1) is 13.8 Å². The van der Waals surface area contributed by atoms with Crippen molar-refractivity contribution in [2.24, 2.45) is 0 Å². The average molecular weight is 436 g/mol. The molecule has 4 rings (SSSR count). The van der Waals surface area contributed by atoms with Crippen molar-refractivity contribution in [3.63, 3.8) is 0 Å². The minimum Gasteiger partial charge on any atom is -0.496 e. The second kappa shape index (κ2) is 9.14. The maximum absolute atomic E-state index is 13.8. The highest BCUT2D eigenvalue weighted by Crippen LogP contribution is 2.39. The minimum absolute atomic E-state index is 0.104. The summed E-state index contributed by atoms with van der Waals surface area (Å²) in [6, 6.07) is 13.1. The number of carbonyl (C=O) groups is 2. The molecule has 32 heavy (non-hydrogen) atoms. The molecule has 0 atom stereocenters. The number of piperazine rings is 1. The van der Waals surface area contributed by atoms with Crippen LogP contribution in [-0.4, -0.2) is 73.2 Å². The number of aliphatic hydroxyl groups is 1. The van der Waals surface area contributed by atoms with Crippen molar-refractivity contribution in [3.05, 3.63) is 64.9 Å². The number of ether oxygens (including phenoxy) is 1. The lowest BCUT2D eigenvalue weighted by molar-refractivity contribution is -0.120. The van der Waals surface area contributed by atoms with Crippen molar-refractivity contribution >= 4 is 23.1 Å². The molecule has 7 nitrogen and oxygen atoms in total. The third-order valence-corrected chi connectivity index (χ3v) is 6.15. The molecule has 2 aromatic carbocycles. The Labute approximate surface area is 188 Å². The molecule has 2 aliphatic rings. The highest BCUT2D eigenvalue weighted by molar-refractivity contribution is 6.45. The number of amides is 2. The Bertz CT molecular complexity index is 1070. The zero-order chi connectivity index (χ0) is 22.8. The van der Waals surface area contributed by atoms with Crippen molar-refractivity contribution in [2.75, 3.05) is 51.3 Å². The molecule has 0 bridgehead atoms. The summed E-state index contributed by atoms with van der Waals surface area (Å²) in [5.74, 6) is -0.0796. The quantitative estimate of drug-likeness (QED) is 0.702. The van der Waals surface area contributed by atoms with Crippen LogP contribution < -0.4 is 9.64 Å². The summed E-state index contributed by atoms with van der Waals surface area (Å²) >= 11 is 0. The van der Waals surface area contributed by atoms with E-state index in [1.807, 2.05) is 55.1 Å². The molecule has 1 N–H and O–H groups in total. The zero-order valence-corrected chi connectivity index (χ0v) is 18.8. The number of β-amino-alcohol motifs (C(OH)–C–C–N with tert-alkyl or cyclic N) is 1. The van der Waals surface area contributed by atoms with Gasteiger partial charge in [0.1, 0.15) is 11.4 Å².